The molecule has 164 valence electrons. The van der Waals surface area contributed by atoms with Gasteiger partial charge >= 0.3 is 5.97 Å². The van der Waals surface area contributed by atoms with E-state index in [1.807, 2.05) is 30.3 Å². The van der Waals surface area contributed by atoms with Gasteiger partial charge in [0, 0.05) is 23.2 Å². The molecule has 4 unspecified atom stereocenters. The zero-order valence-corrected chi connectivity index (χ0v) is 17.3. The van der Waals surface area contributed by atoms with Gasteiger partial charge in [0.05, 0.1) is 22.8 Å². The first kappa shape index (κ1) is 21.7. The van der Waals surface area contributed by atoms with Crippen molar-refractivity contribution in [2.75, 3.05) is 6.54 Å². The summed E-state index contributed by atoms with van der Waals surface area (Å²) in [5.41, 5.74) is 0.646. The van der Waals surface area contributed by atoms with Crippen molar-refractivity contribution in [2.45, 2.75) is 12.1 Å². The summed E-state index contributed by atoms with van der Waals surface area (Å²) in [5.74, 6) is -4.77. The molecular formula is C22H18ClN3O6. The van der Waals surface area contributed by atoms with E-state index in [1.54, 1.807) is 12.2 Å². The highest BCUT2D eigenvalue weighted by Gasteiger charge is 2.61. The first-order valence-corrected chi connectivity index (χ1v) is 10.2. The van der Waals surface area contributed by atoms with Crippen LogP contribution in [-0.2, 0) is 14.4 Å². The fourth-order valence-electron chi connectivity index (χ4n) is 4.36. The normalized spacial score (nSPS) is 24.8. The van der Waals surface area contributed by atoms with Crippen LogP contribution in [0.2, 0.25) is 5.02 Å². The number of hydrogen-bond donors (Lipinski definition) is 2. The molecule has 2 aromatic rings. The first-order valence-electron chi connectivity index (χ1n) is 9.79. The number of hydrogen-bond acceptors (Lipinski definition) is 6. The maximum atomic E-state index is 13.2. The molecule has 2 amide bonds. The second kappa shape index (κ2) is 8.52. The summed E-state index contributed by atoms with van der Waals surface area (Å²) in [6.45, 7) is -0.0315. The first-order chi connectivity index (χ1) is 15.3. The molecule has 2 heterocycles. The SMILES string of the molecule is O=C(O)C1NC(c2cc(Cl)ccc2[N+](=O)[O-])C2C(=O)N(CC=Cc3ccccc3)C(=O)C12. The Kier molecular flexibility index (Phi) is 5.77. The van der Waals surface area contributed by atoms with Crippen molar-refractivity contribution in [1.82, 2.24) is 10.2 Å². The van der Waals surface area contributed by atoms with Crippen LogP contribution in [0.25, 0.3) is 6.08 Å². The van der Waals surface area contributed by atoms with Gasteiger partial charge in [-0.2, -0.15) is 0 Å². The molecule has 2 aromatic carbocycles. The number of carboxylic acid groups (broad SMARTS) is 1. The fraction of sp³-hybridized carbons (Fsp3) is 0.227. The molecule has 0 radical (unpaired) electrons. The van der Waals surface area contributed by atoms with Crippen LogP contribution in [0.15, 0.2) is 54.6 Å². The highest BCUT2D eigenvalue weighted by Crippen LogP contribution is 2.46. The monoisotopic (exact) mass is 455 g/mol. The average Bonchev–Trinajstić information content (AvgIpc) is 3.27. The van der Waals surface area contributed by atoms with E-state index in [9.17, 15) is 29.6 Å². The Labute approximate surface area is 187 Å². The lowest BCUT2D eigenvalue weighted by Crippen LogP contribution is -2.43. The van der Waals surface area contributed by atoms with Crippen LogP contribution >= 0.6 is 11.6 Å². The van der Waals surface area contributed by atoms with Gasteiger partial charge in [-0.25, -0.2) is 0 Å². The van der Waals surface area contributed by atoms with E-state index < -0.39 is 46.6 Å². The summed E-state index contributed by atoms with van der Waals surface area (Å²) in [7, 11) is 0. The summed E-state index contributed by atoms with van der Waals surface area (Å²) >= 11 is 6.02. The molecule has 2 aliphatic heterocycles. The van der Waals surface area contributed by atoms with Gasteiger partial charge in [0.1, 0.15) is 6.04 Å². The third-order valence-electron chi connectivity index (χ3n) is 5.75. The number of carbonyl (C=O) groups is 3. The molecule has 2 aliphatic rings. The molecular weight excluding hydrogens is 438 g/mol. The molecule has 0 saturated carbocycles. The molecule has 0 bridgehead atoms. The van der Waals surface area contributed by atoms with Gasteiger partial charge in [0.25, 0.3) is 5.69 Å². The van der Waals surface area contributed by atoms with Crippen molar-refractivity contribution in [1.29, 1.82) is 0 Å². The van der Waals surface area contributed by atoms with Crippen molar-refractivity contribution in [3.05, 3.63) is 80.9 Å². The maximum absolute atomic E-state index is 13.2. The zero-order valence-electron chi connectivity index (χ0n) is 16.6. The average molecular weight is 456 g/mol. The number of carboxylic acids is 1. The number of carbonyl (C=O) groups excluding carboxylic acids is 2. The van der Waals surface area contributed by atoms with Gasteiger partial charge < -0.3 is 5.11 Å². The van der Waals surface area contributed by atoms with Crippen LogP contribution in [0.4, 0.5) is 5.69 Å². The van der Waals surface area contributed by atoms with Crippen LogP contribution in [0, 0.1) is 22.0 Å². The topological polar surface area (TPSA) is 130 Å². The van der Waals surface area contributed by atoms with Crippen LogP contribution in [0.3, 0.4) is 0 Å². The van der Waals surface area contributed by atoms with E-state index in [1.165, 1.54) is 18.2 Å². The summed E-state index contributed by atoms with van der Waals surface area (Å²) in [6.07, 6.45) is 3.40. The number of aliphatic carboxylic acids is 1. The van der Waals surface area contributed by atoms with Gasteiger partial charge in [0.15, 0.2) is 0 Å². The lowest BCUT2D eigenvalue weighted by atomic mass is 9.86. The van der Waals surface area contributed by atoms with Crippen molar-refractivity contribution in [3.63, 3.8) is 0 Å². The maximum Gasteiger partial charge on any atom is 0.321 e. The number of nitrogens with zero attached hydrogens (tertiary/aromatic N) is 2. The third-order valence-corrected chi connectivity index (χ3v) is 5.99. The Balaban J connectivity index is 1.67. The minimum atomic E-state index is -1.36. The molecule has 10 heteroatoms. The van der Waals surface area contributed by atoms with Crippen LogP contribution in [0.5, 0.6) is 0 Å². The van der Waals surface area contributed by atoms with Gasteiger partial charge in [-0.15, -0.1) is 0 Å². The van der Waals surface area contributed by atoms with E-state index in [0.717, 1.165) is 10.5 Å². The zero-order chi connectivity index (χ0) is 23.0. The quantitative estimate of drug-likeness (QED) is 0.389. The van der Waals surface area contributed by atoms with Gasteiger partial charge in [-0.3, -0.25) is 34.7 Å². The van der Waals surface area contributed by atoms with Crippen LogP contribution < -0.4 is 5.32 Å². The number of halogens is 1. The minimum Gasteiger partial charge on any atom is -0.480 e. The van der Waals surface area contributed by atoms with Crippen LogP contribution in [-0.4, -0.2) is 45.3 Å². The number of nitro benzene ring substituents is 1. The second-order valence-electron chi connectivity index (χ2n) is 7.57. The summed E-state index contributed by atoms with van der Waals surface area (Å²) in [6, 6.07) is 10.7. The predicted molar refractivity (Wildman–Crippen MR) is 115 cm³/mol. The van der Waals surface area contributed by atoms with E-state index in [0.29, 0.717) is 0 Å². The number of fused-ring (bicyclic) bond motifs is 1. The van der Waals surface area contributed by atoms with Crippen molar-refractivity contribution in [2.24, 2.45) is 11.8 Å². The molecule has 4 atom stereocenters. The highest BCUT2D eigenvalue weighted by atomic mass is 35.5. The molecule has 32 heavy (non-hydrogen) atoms. The summed E-state index contributed by atoms with van der Waals surface area (Å²) < 4.78 is 0. The molecule has 2 saturated heterocycles. The van der Waals surface area contributed by atoms with Gasteiger partial charge in [-0.1, -0.05) is 54.1 Å². The molecule has 4 rings (SSSR count). The fourth-order valence-corrected chi connectivity index (χ4v) is 4.54. The van der Waals surface area contributed by atoms with Crippen molar-refractivity contribution >= 4 is 41.1 Å². The number of benzene rings is 2. The Hall–Kier alpha value is -3.56. The molecule has 0 aromatic heterocycles. The number of nitrogens with one attached hydrogen (secondary N) is 1. The predicted octanol–water partition coefficient (Wildman–Crippen LogP) is 2.66. The third kappa shape index (κ3) is 3.76. The number of amides is 2. The Morgan fingerprint density at radius 1 is 1.16 bits per heavy atom. The summed E-state index contributed by atoms with van der Waals surface area (Å²) in [4.78, 5) is 50.0. The molecule has 2 fully saturated rings. The number of imide groups is 1. The van der Waals surface area contributed by atoms with Crippen molar-refractivity contribution in [3.8, 4) is 0 Å². The number of nitro groups is 1. The molecule has 0 spiro atoms. The molecule has 9 nitrogen and oxygen atoms in total. The Morgan fingerprint density at radius 2 is 1.84 bits per heavy atom. The smallest absolute Gasteiger partial charge is 0.321 e. The lowest BCUT2D eigenvalue weighted by molar-refractivity contribution is -0.385. The van der Waals surface area contributed by atoms with E-state index >= 15 is 0 Å². The second-order valence-corrected chi connectivity index (χ2v) is 8.01. The molecule has 2 N–H and O–H groups in total. The van der Waals surface area contributed by atoms with E-state index in [2.05, 4.69) is 5.32 Å². The highest BCUT2D eigenvalue weighted by molar-refractivity contribution is 6.30. The Bertz CT molecular complexity index is 1140. The number of likely N-dealkylation sites (tertiary alicyclic amines) is 1. The molecule has 0 aliphatic carbocycles. The van der Waals surface area contributed by atoms with Crippen molar-refractivity contribution < 1.29 is 24.4 Å². The largest absolute Gasteiger partial charge is 0.480 e. The van der Waals surface area contributed by atoms with Gasteiger partial charge in [-0.05, 0) is 17.7 Å². The summed E-state index contributed by atoms with van der Waals surface area (Å²) in [5, 5.41) is 24.1. The van der Waals surface area contributed by atoms with E-state index in [4.69, 9.17) is 11.6 Å². The van der Waals surface area contributed by atoms with E-state index in [-0.39, 0.29) is 22.8 Å². The standard InChI is InChI=1S/C22H18ClN3O6/c23-13-8-9-15(26(31)32)14(11-13)18-16-17(19(24-18)22(29)30)21(28)25(20(16)27)10-4-7-12-5-2-1-3-6-12/h1-9,11,16-19,24H,10H2,(H,29,30). The number of rotatable bonds is 6. The lowest BCUT2D eigenvalue weighted by Gasteiger charge is -2.20. The van der Waals surface area contributed by atoms with Crippen LogP contribution in [0.1, 0.15) is 17.2 Å². The minimum absolute atomic E-state index is 0.0315. The van der Waals surface area contributed by atoms with Gasteiger partial charge in [0.2, 0.25) is 11.8 Å². The Morgan fingerprint density at radius 3 is 2.50 bits per heavy atom.